The first-order chi connectivity index (χ1) is 14.9. The van der Waals surface area contributed by atoms with E-state index in [1.54, 1.807) is 48.8 Å². The molecule has 3 aromatic heterocycles. The summed E-state index contributed by atoms with van der Waals surface area (Å²) in [7, 11) is -3.52. The summed E-state index contributed by atoms with van der Waals surface area (Å²) in [6.07, 6.45) is 5.62. The molecule has 2 atom stereocenters. The molecule has 3 heterocycles. The molecule has 0 aliphatic carbocycles. The quantitative estimate of drug-likeness (QED) is 0.470. The maximum Gasteiger partial charge on any atom is 0.230 e. The van der Waals surface area contributed by atoms with Crippen LogP contribution in [-0.2, 0) is 10.0 Å². The lowest BCUT2D eigenvalue weighted by molar-refractivity contribution is 0.448. The Morgan fingerprint density at radius 1 is 1.00 bits per heavy atom. The van der Waals surface area contributed by atoms with E-state index in [1.165, 1.54) is 18.5 Å². The summed E-state index contributed by atoms with van der Waals surface area (Å²) in [5, 5.41) is 7.92. The maximum atomic E-state index is 13.7. The van der Waals surface area contributed by atoms with Crippen LogP contribution in [0, 0.1) is 5.82 Å². The highest BCUT2D eigenvalue weighted by Gasteiger charge is 2.33. The van der Waals surface area contributed by atoms with E-state index < -0.39 is 21.9 Å². The van der Waals surface area contributed by atoms with Crippen LogP contribution in [0.1, 0.15) is 34.5 Å². The Morgan fingerprint density at radius 2 is 1.81 bits per heavy atom. The van der Waals surface area contributed by atoms with Crippen LogP contribution >= 0.6 is 0 Å². The molecular weight excluding hydrogens is 421 g/mol. The van der Waals surface area contributed by atoms with Crippen molar-refractivity contribution >= 4 is 15.8 Å². The molecule has 4 aromatic rings. The highest BCUT2D eigenvalue weighted by atomic mass is 32.2. The van der Waals surface area contributed by atoms with Crippen molar-refractivity contribution in [3.63, 3.8) is 0 Å². The molecule has 0 amide bonds. The molecule has 10 heteroatoms. The van der Waals surface area contributed by atoms with Crippen molar-refractivity contribution in [1.29, 1.82) is 0 Å². The van der Waals surface area contributed by atoms with Gasteiger partial charge in [-0.25, -0.2) is 17.8 Å². The molecule has 4 rings (SSSR count). The number of rotatable bonds is 7. The Balaban J connectivity index is 1.90. The number of benzene rings is 1. The number of hydrogen-bond donors (Lipinski definition) is 1. The largest absolute Gasteiger partial charge is 0.427 e. The molecule has 158 valence electrons. The van der Waals surface area contributed by atoms with E-state index in [-0.39, 0.29) is 11.6 Å². The Hall–Kier alpha value is -3.66. The Bertz CT molecular complexity index is 1250. The lowest BCUT2D eigenvalue weighted by atomic mass is 9.79. The first kappa shape index (κ1) is 20.6. The minimum atomic E-state index is -3.52. The van der Waals surface area contributed by atoms with Crippen LogP contribution in [0.5, 0.6) is 0 Å². The standard InChI is InChI=1S/C21H18FN5O3S/c1-31(28,29)27-18-6-2-5-17(25-18)19(14-7-9-16(22)10-8-14)20(21-26-24-13-30-21)15-4-3-11-23-12-15/h2-13,19-20H,1H3,(H,25,27). The van der Waals surface area contributed by atoms with E-state index in [0.717, 1.165) is 17.4 Å². The van der Waals surface area contributed by atoms with Crippen LogP contribution in [-0.4, -0.2) is 34.8 Å². The van der Waals surface area contributed by atoms with Gasteiger partial charge in [-0.15, -0.1) is 10.2 Å². The molecule has 1 N–H and O–H groups in total. The molecule has 0 aliphatic rings. The number of aromatic nitrogens is 4. The number of pyridine rings is 2. The number of hydrogen-bond acceptors (Lipinski definition) is 7. The summed E-state index contributed by atoms with van der Waals surface area (Å²) in [4.78, 5) is 8.72. The van der Waals surface area contributed by atoms with Crippen LogP contribution < -0.4 is 4.72 Å². The lowest BCUT2D eigenvalue weighted by Crippen LogP contribution is -2.18. The number of sulfonamides is 1. The molecule has 0 saturated carbocycles. The molecule has 1 aromatic carbocycles. The molecule has 31 heavy (non-hydrogen) atoms. The van der Waals surface area contributed by atoms with E-state index >= 15 is 0 Å². The van der Waals surface area contributed by atoms with E-state index in [9.17, 15) is 12.8 Å². The van der Waals surface area contributed by atoms with Crippen molar-refractivity contribution in [1.82, 2.24) is 20.2 Å². The molecular formula is C21H18FN5O3S. The fraction of sp³-hybridized carbons (Fsp3) is 0.143. The van der Waals surface area contributed by atoms with Crippen molar-refractivity contribution in [2.75, 3.05) is 11.0 Å². The zero-order chi connectivity index (χ0) is 21.8. The molecule has 0 bridgehead atoms. The highest BCUT2D eigenvalue weighted by molar-refractivity contribution is 7.92. The third-order valence-electron chi connectivity index (χ3n) is 4.63. The summed E-state index contributed by atoms with van der Waals surface area (Å²) in [5.41, 5.74) is 2.05. The minimum Gasteiger partial charge on any atom is -0.427 e. The van der Waals surface area contributed by atoms with Gasteiger partial charge in [0.25, 0.3) is 0 Å². The van der Waals surface area contributed by atoms with Gasteiger partial charge in [0.05, 0.1) is 17.9 Å². The normalized spacial score (nSPS) is 13.5. The van der Waals surface area contributed by atoms with Crippen LogP contribution in [0.4, 0.5) is 10.2 Å². The van der Waals surface area contributed by atoms with Gasteiger partial charge in [0.2, 0.25) is 22.3 Å². The summed E-state index contributed by atoms with van der Waals surface area (Å²) >= 11 is 0. The molecule has 0 aliphatic heterocycles. The van der Waals surface area contributed by atoms with Gasteiger partial charge >= 0.3 is 0 Å². The summed E-state index contributed by atoms with van der Waals surface area (Å²) in [6.45, 7) is 0. The van der Waals surface area contributed by atoms with Crippen LogP contribution in [0.2, 0.25) is 0 Å². The third kappa shape index (κ3) is 4.92. The van der Waals surface area contributed by atoms with E-state index in [0.29, 0.717) is 11.6 Å². The first-order valence-corrected chi connectivity index (χ1v) is 11.2. The topological polar surface area (TPSA) is 111 Å². The summed E-state index contributed by atoms with van der Waals surface area (Å²) < 4.78 is 45.0. The van der Waals surface area contributed by atoms with Crippen molar-refractivity contribution < 1.29 is 17.2 Å². The average molecular weight is 439 g/mol. The lowest BCUT2D eigenvalue weighted by Gasteiger charge is -2.25. The van der Waals surface area contributed by atoms with Crippen molar-refractivity contribution in [2.24, 2.45) is 0 Å². The van der Waals surface area contributed by atoms with Gasteiger partial charge in [-0.2, -0.15) is 0 Å². The Morgan fingerprint density at radius 3 is 2.45 bits per heavy atom. The van der Waals surface area contributed by atoms with Crippen molar-refractivity contribution in [2.45, 2.75) is 11.8 Å². The molecule has 0 fully saturated rings. The van der Waals surface area contributed by atoms with E-state index in [1.807, 2.05) is 6.07 Å². The Kier molecular flexibility index (Phi) is 5.72. The molecule has 2 unspecified atom stereocenters. The minimum absolute atomic E-state index is 0.169. The third-order valence-corrected chi connectivity index (χ3v) is 5.21. The smallest absolute Gasteiger partial charge is 0.230 e. The summed E-state index contributed by atoms with van der Waals surface area (Å²) in [6, 6.07) is 14.7. The van der Waals surface area contributed by atoms with Gasteiger partial charge in [0.1, 0.15) is 11.6 Å². The van der Waals surface area contributed by atoms with E-state index in [2.05, 4.69) is 24.9 Å². The SMILES string of the molecule is CS(=O)(=O)Nc1cccc(C(c2ccc(F)cc2)C(c2cccnc2)c2nnco2)n1. The maximum absolute atomic E-state index is 13.7. The zero-order valence-electron chi connectivity index (χ0n) is 16.4. The molecule has 8 nitrogen and oxygen atoms in total. The van der Waals surface area contributed by atoms with E-state index in [4.69, 9.17) is 4.42 Å². The monoisotopic (exact) mass is 439 g/mol. The van der Waals surface area contributed by atoms with Crippen molar-refractivity contribution in [3.8, 4) is 0 Å². The van der Waals surface area contributed by atoms with Gasteiger partial charge in [-0.3, -0.25) is 9.71 Å². The highest BCUT2D eigenvalue weighted by Crippen LogP contribution is 2.41. The van der Waals surface area contributed by atoms with Gasteiger partial charge < -0.3 is 4.42 Å². The predicted molar refractivity (Wildman–Crippen MR) is 111 cm³/mol. The Labute approximate surface area is 178 Å². The fourth-order valence-electron chi connectivity index (χ4n) is 3.43. The van der Waals surface area contributed by atoms with Gasteiger partial charge in [0.15, 0.2) is 0 Å². The zero-order valence-corrected chi connectivity index (χ0v) is 17.2. The second kappa shape index (κ2) is 8.60. The second-order valence-corrected chi connectivity index (χ2v) is 8.64. The fourth-order valence-corrected chi connectivity index (χ4v) is 3.92. The number of halogens is 1. The van der Waals surface area contributed by atoms with Crippen LogP contribution in [0.3, 0.4) is 0 Å². The molecule has 0 spiro atoms. The number of anilines is 1. The number of nitrogens with zero attached hydrogens (tertiary/aromatic N) is 4. The van der Waals surface area contributed by atoms with Gasteiger partial charge in [0, 0.05) is 18.3 Å². The predicted octanol–water partition coefficient (Wildman–Crippen LogP) is 3.33. The molecule has 0 radical (unpaired) electrons. The van der Waals surface area contributed by atoms with Crippen LogP contribution in [0.15, 0.2) is 77.8 Å². The molecule has 0 saturated heterocycles. The second-order valence-electron chi connectivity index (χ2n) is 6.89. The number of nitrogens with one attached hydrogen (secondary N) is 1. The van der Waals surface area contributed by atoms with Gasteiger partial charge in [-0.05, 0) is 41.5 Å². The van der Waals surface area contributed by atoms with Crippen molar-refractivity contribution in [3.05, 3.63) is 102 Å². The summed E-state index contributed by atoms with van der Waals surface area (Å²) in [5.74, 6) is -0.874. The average Bonchev–Trinajstić information content (AvgIpc) is 3.27. The van der Waals surface area contributed by atoms with Crippen LogP contribution in [0.25, 0.3) is 0 Å². The first-order valence-electron chi connectivity index (χ1n) is 9.27. The van der Waals surface area contributed by atoms with Gasteiger partial charge in [-0.1, -0.05) is 24.3 Å².